The molecule has 1 amide bonds. The molecule has 25 heavy (non-hydrogen) atoms. The van der Waals surface area contributed by atoms with Gasteiger partial charge in [-0.2, -0.15) is 0 Å². The molecule has 0 saturated carbocycles. The summed E-state index contributed by atoms with van der Waals surface area (Å²) in [6, 6.07) is 11.7. The monoisotopic (exact) mass is 359 g/mol. The first kappa shape index (κ1) is 19.3. The number of hydrogen-bond donors (Lipinski definition) is 1. The first-order chi connectivity index (χ1) is 11.8. The average molecular weight is 360 g/mol. The van der Waals surface area contributed by atoms with Crippen molar-refractivity contribution in [2.45, 2.75) is 53.2 Å². The van der Waals surface area contributed by atoms with Crippen LogP contribution in [0.25, 0.3) is 0 Å². The van der Waals surface area contributed by atoms with E-state index in [9.17, 15) is 4.79 Å². The van der Waals surface area contributed by atoms with Gasteiger partial charge >= 0.3 is 0 Å². The van der Waals surface area contributed by atoms with Gasteiger partial charge in [0.1, 0.15) is 5.75 Å². The second kappa shape index (κ2) is 8.39. The molecule has 0 aliphatic heterocycles. The van der Waals surface area contributed by atoms with Crippen LogP contribution in [-0.4, -0.2) is 12.0 Å². The molecule has 0 saturated heterocycles. The Morgan fingerprint density at radius 2 is 1.84 bits per heavy atom. The number of nitrogens with one attached hydrogen (secondary N) is 1. The summed E-state index contributed by atoms with van der Waals surface area (Å²) in [6.07, 6.45) is 0.239. The minimum Gasteiger partial charge on any atom is -0.481 e. The minimum atomic E-state index is -0.583. The van der Waals surface area contributed by atoms with Crippen molar-refractivity contribution in [2.24, 2.45) is 0 Å². The van der Waals surface area contributed by atoms with Crippen LogP contribution in [-0.2, 0) is 4.79 Å². The van der Waals surface area contributed by atoms with Gasteiger partial charge in [-0.3, -0.25) is 4.79 Å². The molecular formula is C21H26ClNO2. The van der Waals surface area contributed by atoms with Crippen LogP contribution in [0.1, 0.15) is 48.6 Å². The Morgan fingerprint density at radius 3 is 2.44 bits per heavy atom. The van der Waals surface area contributed by atoms with Gasteiger partial charge in [0, 0.05) is 5.02 Å². The third-order valence-corrected chi connectivity index (χ3v) is 4.76. The van der Waals surface area contributed by atoms with E-state index in [0.29, 0.717) is 10.8 Å². The molecule has 3 nitrogen and oxygen atoms in total. The number of amides is 1. The van der Waals surface area contributed by atoms with E-state index in [1.54, 1.807) is 19.1 Å². The first-order valence-electron chi connectivity index (χ1n) is 8.62. The fourth-order valence-electron chi connectivity index (χ4n) is 2.85. The number of benzene rings is 2. The number of carbonyl (C=O) groups is 1. The van der Waals surface area contributed by atoms with Gasteiger partial charge in [-0.1, -0.05) is 42.3 Å². The Balaban J connectivity index is 2.06. The lowest BCUT2D eigenvalue weighted by atomic mass is 9.97. The second-order valence-electron chi connectivity index (χ2n) is 6.50. The smallest absolute Gasteiger partial charge is 0.261 e. The van der Waals surface area contributed by atoms with E-state index >= 15 is 0 Å². The molecule has 2 rings (SSSR count). The quantitative estimate of drug-likeness (QED) is 0.760. The van der Waals surface area contributed by atoms with Crippen molar-refractivity contribution in [3.8, 4) is 5.75 Å². The number of rotatable bonds is 6. The van der Waals surface area contributed by atoms with Gasteiger partial charge in [0.05, 0.1) is 6.04 Å². The molecule has 0 radical (unpaired) electrons. The van der Waals surface area contributed by atoms with E-state index in [0.717, 1.165) is 17.5 Å². The van der Waals surface area contributed by atoms with Crippen LogP contribution in [0.15, 0.2) is 36.4 Å². The van der Waals surface area contributed by atoms with E-state index in [4.69, 9.17) is 16.3 Å². The zero-order valence-electron chi connectivity index (χ0n) is 15.5. The topological polar surface area (TPSA) is 38.3 Å². The van der Waals surface area contributed by atoms with Crippen molar-refractivity contribution < 1.29 is 9.53 Å². The fraction of sp³-hybridized carbons (Fsp3) is 0.381. The van der Waals surface area contributed by atoms with Crippen LogP contribution in [0.4, 0.5) is 0 Å². The standard InChI is InChI=1S/C21H26ClNO2/c1-6-20(18-9-7-13(2)11-14(18)3)23-21(24)16(5)25-17-8-10-19(22)15(4)12-17/h7-12,16,20H,6H2,1-5H3,(H,23,24). The highest BCUT2D eigenvalue weighted by Gasteiger charge is 2.20. The van der Waals surface area contributed by atoms with Crippen LogP contribution in [0.2, 0.25) is 5.02 Å². The third kappa shape index (κ3) is 4.99. The van der Waals surface area contributed by atoms with Crippen molar-refractivity contribution in [3.63, 3.8) is 0 Å². The van der Waals surface area contributed by atoms with Crippen molar-refractivity contribution in [1.29, 1.82) is 0 Å². The van der Waals surface area contributed by atoms with Gasteiger partial charge in [-0.25, -0.2) is 0 Å². The summed E-state index contributed by atoms with van der Waals surface area (Å²) in [7, 11) is 0. The van der Waals surface area contributed by atoms with Crippen molar-refractivity contribution in [2.75, 3.05) is 0 Å². The molecule has 0 aromatic heterocycles. The van der Waals surface area contributed by atoms with Crippen LogP contribution in [0, 0.1) is 20.8 Å². The minimum absolute atomic E-state index is 0.0221. The Bertz CT molecular complexity index is 758. The SMILES string of the molecule is CCC(NC(=O)C(C)Oc1ccc(Cl)c(C)c1)c1ccc(C)cc1C. The van der Waals surface area contributed by atoms with Crippen molar-refractivity contribution >= 4 is 17.5 Å². The van der Waals surface area contributed by atoms with E-state index in [1.807, 2.05) is 13.0 Å². The molecule has 2 atom stereocenters. The zero-order chi connectivity index (χ0) is 18.6. The summed E-state index contributed by atoms with van der Waals surface area (Å²) in [5.41, 5.74) is 4.48. The van der Waals surface area contributed by atoms with Gasteiger partial charge in [0.15, 0.2) is 6.10 Å². The summed E-state index contributed by atoms with van der Waals surface area (Å²) in [6.45, 7) is 9.88. The molecule has 2 unspecified atom stereocenters. The first-order valence-corrected chi connectivity index (χ1v) is 9.00. The maximum atomic E-state index is 12.6. The van der Waals surface area contributed by atoms with E-state index in [-0.39, 0.29) is 11.9 Å². The molecule has 0 aliphatic rings. The Hall–Kier alpha value is -2.00. The van der Waals surface area contributed by atoms with E-state index < -0.39 is 6.10 Å². The normalized spacial score (nSPS) is 13.2. The molecule has 4 heteroatoms. The lowest BCUT2D eigenvalue weighted by molar-refractivity contribution is -0.128. The molecule has 2 aromatic carbocycles. The predicted octanol–water partition coefficient (Wildman–Crippen LogP) is 5.30. The van der Waals surface area contributed by atoms with E-state index in [2.05, 4.69) is 44.3 Å². The lowest BCUT2D eigenvalue weighted by Crippen LogP contribution is -2.38. The van der Waals surface area contributed by atoms with Gasteiger partial charge < -0.3 is 10.1 Å². The summed E-state index contributed by atoms with van der Waals surface area (Å²) < 4.78 is 5.77. The summed E-state index contributed by atoms with van der Waals surface area (Å²) in [4.78, 5) is 12.6. The van der Waals surface area contributed by atoms with Crippen LogP contribution >= 0.6 is 11.6 Å². The summed E-state index contributed by atoms with van der Waals surface area (Å²) >= 11 is 6.03. The zero-order valence-corrected chi connectivity index (χ0v) is 16.3. The summed E-state index contributed by atoms with van der Waals surface area (Å²) in [5.74, 6) is 0.517. The maximum Gasteiger partial charge on any atom is 0.261 e. The molecule has 1 N–H and O–H groups in total. The predicted molar refractivity (Wildman–Crippen MR) is 103 cm³/mol. The van der Waals surface area contributed by atoms with Gasteiger partial charge in [-0.15, -0.1) is 0 Å². The van der Waals surface area contributed by atoms with Gasteiger partial charge in [-0.05, 0) is 69.0 Å². The Morgan fingerprint density at radius 1 is 1.12 bits per heavy atom. The maximum absolute atomic E-state index is 12.6. The molecule has 0 bridgehead atoms. The van der Waals surface area contributed by atoms with E-state index in [1.165, 1.54) is 11.1 Å². The fourth-order valence-corrected chi connectivity index (χ4v) is 2.97. The molecule has 2 aromatic rings. The van der Waals surface area contributed by atoms with Crippen LogP contribution < -0.4 is 10.1 Å². The second-order valence-corrected chi connectivity index (χ2v) is 6.91. The molecule has 0 heterocycles. The Kier molecular flexibility index (Phi) is 6.49. The highest BCUT2D eigenvalue weighted by atomic mass is 35.5. The number of hydrogen-bond acceptors (Lipinski definition) is 2. The third-order valence-electron chi connectivity index (χ3n) is 4.34. The van der Waals surface area contributed by atoms with Gasteiger partial charge in [0.2, 0.25) is 0 Å². The van der Waals surface area contributed by atoms with Crippen molar-refractivity contribution in [1.82, 2.24) is 5.32 Å². The number of halogens is 1. The van der Waals surface area contributed by atoms with Crippen LogP contribution in [0.5, 0.6) is 5.75 Å². The molecule has 0 spiro atoms. The largest absolute Gasteiger partial charge is 0.481 e. The number of ether oxygens (including phenoxy) is 1. The molecule has 0 fully saturated rings. The summed E-state index contributed by atoms with van der Waals surface area (Å²) in [5, 5.41) is 3.78. The molecule has 0 aliphatic carbocycles. The Labute approximate surface area is 155 Å². The highest BCUT2D eigenvalue weighted by molar-refractivity contribution is 6.31. The average Bonchev–Trinajstić information content (AvgIpc) is 2.56. The molecule has 134 valence electrons. The lowest BCUT2D eigenvalue weighted by Gasteiger charge is -2.22. The highest BCUT2D eigenvalue weighted by Crippen LogP contribution is 2.24. The molecular weight excluding hydrogens is 334 g/mol. The number of carbonyl (C=O) groups excluding carboxylic acids is 1. The van der Waals surface area contributed by atoms with Crippen LogP contribution in [0.3, 0.4) is 0 Å². The number of aryl methyl sites for hydroxylation is 3. The van der Waals surface area contributed by atoms with Gasteiger partial charge in [0.25, 0.3) is 5.91 Å². The van der Waals surface area contributed by atoms with Crippen molar-refractivity contribution in [3.05, 3.63) is 63.7 Å².